The van der Waals surface area contributed by atoms with Crippen LogP contribution in [-0.4, -0.2) is 63.7 Å². The van der Waals surface area contributed by atoms with Crippen molar-refractivity contribution < 1.29 is 24.3 Å². The molecule has 0 saturated heterocycles. The van der Waals surface area contributed by atoms with Gasteiger partial charge in [-0.2, -0.15) is 12.6 Å². The Morgan fingerprint density at radius 3 is 2.22 bits per heavy atom. The molecule has 2 rings (SSSR count). The van der Waals surface area contributed by atoms with Gasteiger partial charge in [0.05, 0.1) is 6.04 Å². The van der Waals surface area contributed by atoms with Gasteiger partial charge in [-0.05, 0) is 29.9 Å². The smallest absolute Gasteiger partial charge is 0.326 e. The fraction of sp³-hybridized carbons (Fsp3) is 0.520. The Hall–Kier alpha value is -3.05. The largest absolute Gasteiger partial charge is 0.480 e. The molecule has 198 valence electrons. The van der Waals surface area contributed by atoms with E-state index in [4.69, 9.17) is 5.73 Å². The number of H-pyrrole nitrogens is 1. The van der Waals surface area contributed by atoms with Gasteiger partial charge in [-0.25, -0.2) is 4.79 Å². The minimum absolute atomic E-state index is 0.0523. The summed E-state index contributed by atoms with van der Waals surface area (Å²) in [6, 6.07) is 3.66. The first kappa shape index (κ1) is 29.2. The van der Waals surface area contributed by atoms with Gasteiger partial charge in [-0.15, -0.1) is 0 Å². The number of rotatable bonds is 13. The van der Waals surface area contributed by atoms with Crippen LogP contribution in [0, 0.1) is 11.8 Å². The standard InChI is InChI=1S/C25H37N5O5S/c1-5-14(4)21(25(34)35)30-23(32)19(12-36)28-24(33)20(13(2)3)29-22(31)17(26)10-15-11-27-18-9-7-6-8-16(15)18/h6-9,11,13-14,17,19-21,27,36H,5,10,12,26H2,1-4H3,(H,28,33)(H,29,31)(H,30,32)(H,34,35). The van der Waals surface area contributed by atoms with Crippen LogP contribution in [0.25, 0.3) is 10.9 Å². The zero-order valence-corrected chi connectivity index (χ0v) is 22.0. The molecule has 0 aliphatic heterocycles. The highest BCUT2D eigenvalue weighted by atomic mass is 32.1. The van der Waals surface area contributed by atoms with Crippen molar-refractivity contribution in [1.29, 1.82) is 0 Å². The Bertz CT molecular complexity index is 1070. The molecule has 7 N–H and O–H groups in total. The summed E-state index contributed by atoms with van der Waals surface area (Å²) >= 11 is 4.15. The van der Waals surface area contributed by atoms with Crippen LogP contribution < -0.4 is 21.7 Å². The fourth-order valence-corrected chi connectivity index (χ4v) is 4.08. The first-order valence-electron chi connectivity index (χ1n) is 12.0. The third-order valence-electron chi connectivity index (χ3n) is 6.29. The number of amides is 3. The van der Waals surface area contributed by atoms with Crippen molar-refractivity contribution in [1.82, 2.24) is 20.9 Å². The van der Waals surface area contributed by atoms with Crippen molar-refractivity contribution in [2.45, 2.75) is 64.7 Å². The Morgan fingerprint density at radius 2 is 1.64 bits per heavy atom. The summed E-state index contributed by atoms with van der Waals surface area (Å²) in [4.78, 5) is 53.3. The van der Waals surface area contributed by atoms with E-state index in [1.807, 2.05) is 37.4 Å². The van der Waals surface area contributed by atoms with Gasteiger partial charge in [0.1, 0.15) is 18.1 Å². The van der Waals surface area contributed by atoms with E-state index in [1.165, 1.54) is 0 Å². The van der Waals surface area contributed by atoms with Gasteiger partial charge in [0.15, 0.2) is 0 Å². The molecule has 0 fully saturated rings. The molecule has 0 aliphatic carbocycles. The van der Waals surface area contributed by atoms with Gasteiger partial charge in [0, 0.05) is 22.9 Å². The number of carbonyl (C=O) groups is 4. The number of carboxylic acid groups (broad SMARTS) is 1. The first-order chi connectivity index (χ1) is 17.0. The van der Waals surface area contributed by atoms with Crippen molar-refractivity contribution in [2.75, 3.05) is 5.75 Å². The van der Waals surface area contributed by atoms with Crippen molar-refractivity contribution in [3.05, 3.63) is 36.0 Å². The molecular weight excluding hydrogens is 482 g/mol. The number of benzene rings is 1. The number of carboxylic acids is 1. The number of nitrogens with one attached hydrogen (secondary N) is 4. The normalized spacial score (nSPS) is 15.5. The van der Waals surface area contributed by atoms with E-state index < -0.39 is 47.9 Å². The molecule has 2 aromatic rings. The maximum atomic E-state index is 13.0. The second kappa shape index (κ2) is 13.3. The van der Waals surface area contributed by atoms with E-state index in [-0.39, 0.29) is 24.0 Å². The Labute approximate surface area is 216 Å². The highest BCUT2D eigenvalue weighted by Gasteiger charge is 2.32. The van der Waals surface area contributed by atoms with Gasteiger partial charge in [0.2, 0.25) is 17.7 Å². The van der Waals surface area contributed by atoms with Crippen molar-refractivity contribution in [3.8, 4) is 0 Å². The molecule has 36 heavy (non-hydrogen) atoms. The summed E-state index contributed by atoms with van der Waals surface area (Å²) in [6.45, 7) is 7.06. The number of aromatic amines is 1. The molecule has 11 heteroatoms. The van der Waals surface area contributed by atoms with Crippen LogP contribution >= 0.6 is 12.6 Å². The molecule has 1 aromatic carbocycles. The Balaban J connectivity index is 2.04. The Kier molecular flexibility index (Phi) is 10.8. The second-order valence-corrected chi connectivity index (χ2v) is 9.72. The van der Waals surface area contributed by atoms with E-state index >= 15 is 0 Å². The number of hydrogen-bond acceptors (Lipinski definition) is 6. The van der Waals surface area contributed by atoms with Crippen LogP contribution in [0.1, 0.15) is 39.7 Å². The molecule has 10 nitrogen and oxygen atoms in total. The highest BCUT2D eigenvalue weighted by Crippen LogP contribution is 2.19. The summed E-state index contributed by atoms with van der Waals surface area (Å²) in [5, 5.41) is 18.2. The Morgan fingerprint density at radius 1 is 1.00 bits per heavy atom. The number of aliphatic carboxylic acids is 1. The van der Waals surface area contributed by atoms with Crippen LogP contribution in [0.5, 0.6) is 0 Å². The van der Waals surface area contributed by atoms with Crippen LogP contribution in [0.2, 0.25) is 0 Å². The van der Waals surface area contributed by atoms with E-state index in [1.54, 1.807) is 20.8 Å². The van der Waals surface area contributed by atoms with Crippen molar-refractivity contribution >= 4 is 47.2 Å². The van der Waals surface area contributed by atoms with Crippen molar-refractivity contribution in [2.24, 2.45) is 17.6 Å². The summed E-state index contributed by atoms with van der Waals surface area (Å²) in [7, 11) is 0. The van der Waals surface area contributed by atoms with E-state index in [0.717, 1.165) is 16.5 Å². The number of para-hydroxylation sites is 1. The lowest BCUT2D eigenvalue weighted by Gasteiger charge is -2.27. The maximum absolute atomic E-state index is 13.0. The average molecular weight is 520 g/mol. The molecule has 3 amide bonds. The number of thiol groups is 1. The van der Waals surface area contributed by atoms with Crippen LogP contribution in [0.4, 0.5) is 0 Å². The summed E-state index contributed by atoms with van der Waals surface area (Å²) in [5.74, 6) is -3.54. The number of nitrogens with two attached hydrogens (primary N) is 1. The molecule has 0 spiro atoms. The van der Waals surface area contributed by atoms with Gasteiger partial charge in [0.25, 0.3) is 0 Å². The third-order valence-corrected chi connectivity index (χ3v) is 6.66. The maximum Gasteiger partial charge on any atom is 0.326 e. The molecule has 1 aromatic heterocycles. The molecule has 0 bridgehead atoms. The predicted octanol–water partition coefficient (Wildman–Crippen LogP) is 1.21. The van der Waals surface area contributed by atoms with Gasteiger partial charge in [-0.3, -0.25) is 14.4 Å². The number of carbonyl (C=O) groups excluding carboxylic acids is 3. The van der Waals surface area contributed by atoms with E-state index in [2.05, 4.69) is 33.6 Å². The van der Waals surface area contributed by atoms with E-state index in [0.29, 0.717) is 6.42 Å². The van der Waals surface area contributed by atoms with Crippen LogP contribution in [0.15, 0.2) is 30.5 Å². The number of fused-ring (bicyclic) bond motifs is 1. The molecule has 0 aliphatic rings. The third kappa shape index (κ3) is 7.47. The molecule has 0 saturated carbocycles. The molecule has 5 unspecified atom stereocenters. The van der Waals surface area contributed by atoms with E-state index in [9.17, 15) is 24.3 Å². The van der Waals surface area contributed by atoms with Gasteiger partial charge >= 0.3 is 5.97 Å². The zero-order chi connectivity index (χ0) is 27.0. The minimum atomic E-state index is -1.15. The fourth-order valence-electron chi connectivity index (χ4n) is 3.82. The summed E-state index contributed by atoms with van der Waals surface area (Å²) in [6.07, 6.45) is 2.63. The topological polar surface area (TPSA) is 166 Å². The summed E-state index contributed by atoms with van der Waals surface area (Å²) in [5.41, 5.74) is 7.99. The second-order valence-electron chi connectivity index (χ2n) is 9.35. The molecule has 0 radical (unpaired) electrons. The van der Waals surface area contributed by atoms with Crippen LogP contribution in [0.3, 0.4) is 0 Å². The van der Waals surface area contributed by atoms with Crippen LogP contribution in [-0.2, 0) is 25.6 Å². The first-order valence-corrected chi connectivity index (χ1v) is 12.7. The molecular formula is C25H37N5O5S. The van der Waals surface area contributed by atoms with Gasteiger partial charge < -0.3 is 31.8 Å². The zero-order valence-electron chi connectivity index (χ0n) is 21.1. The van der Waals surface area contributed by atoms with Gasteiger partial charge in [-0.1, -0.05) is 52.3 Å². The highest BCUT2D eigenvalue weighted by molar-refractivity contribution is 7.80. The van der Waals surface area contributed by atoms with Crippen molar-refractivity contribution in [3.63, 3.8) is 0 Å². The quantitative estimate of drug-likeness (QED) is 0.196. The lowest BCUT2D eigenvalue weighted by Crippen LogP contribution is -2.59. The molecule has 5 atom stereocenters. The molecule has 1 heterocycles. The average Bonchev–Trinajstić information content (AvgIpc) is 3.25. The lowest BCUT2D eigenvalue weighted by molar-refractivity contribution is -0.143. The predicted molar refractivity (Wildman–Crippen MR) is 142 cm³/mol. The monoisotopic (exact) mass is 519 g/mol. The number of aromatic nitrogens is 1. The summed E-state index contributed by atoms with van der Waals surface area (Å²) < 4.78 is 0. The lowest BCUT2D eigenvalue weighted by atomic mass is 9.99. The SMILES string of the molecule is CCC(C)C(NC(=O)C(CS)NC(=O)C(NC(=O)C(N)Cc1c[nH]c2ccccc12)C(C)C)C(=O)O. The number of hydrogen-bond donors (Lipinski definition) is 7. The minimum Gasteiger partial charge on any atom is -0.480 e.